The molecule has 6 heteroatoms. The van der Waals surface area contributed by atoms with Crippen LogP contribution in [0, 0.1) is 0 Å². The van der Waals surface area contributed by atoms with Gasteiger partial charge < -0.3 is 0 Å². The molecule has 4 heterocycles. The SMILES string of the molecule is c1ccc(-c2nc(-c3ccc(-c4nn5c(-c6ccccc6)cc6ccccc6c5c4-c4ccccc4)cc3)nc(-n3c4ccccc4c4ccccc43)n2)cc1. The van der Waals surface area contributed by atoms with Crippen molar-refractivity contribution >= 4 is 38.1 Å². The standard InChI is InChI=1S/C50H32N6/c1-4-16-33(17-5-1)44-32-38-22-10-11-23-39(38)47-45(34-18-6-2-7-19-34)46(54-56(44)47)35-28-30-37(31-29-35)49-51-48(36-20-8-3-9-21-36)52-50(53-49)55-42-26-14-12-24-40(42)41-25-13-15-27-43(41)55/h1-32H. The average Bonchev–Trinajstić information content (AvgIpc) is 3.84. The van der Waals surface area contributed by atoms with Crippen LogP contribution in [-0.2, 0) is 0 Å². The van der Waals surface area contributed by atoms with Gasteiger partial charge in [0.05, 0.1) is 22.2 Å². The molecule has 0 N–H and O–H groups in total. The van der Waals surface area contributed by atoms with Crippen LogP contribution in [0.15, 0.2) is 194 Å². The zero-order valence-corrected chi connectivity index (χ0v) is 30.2. The first-order valence-electron chi connectivity index (χ1n) is 18.7. The largest absolute Gasteiger partial charge is 0.278 e. The Morgan fingerprint density at radius 2 is 0.857 bits per heavy atom. The first-order chi connectivity index (χ1) is 27.8. The number of hydrogen-bond donors (Lipinski definition) is 0. The Kier molecular flexibility index (Phi) is 7.38. The number of aromatic nitrogens is 6. The number of benzene rings is 7. The van der Waals surface area contributed by atoms with E-state index in [-0.39, 0.29) is 0 Å². The third-order valence-electron chi connectivity index (χ3n) is 10.6. The molecular formula is C50H32N6. The van der Waals surface area contributed by atoms with Crippen LogP contribution in [0.3, 0.4) is 0 Å². The average molecular weight is 717 g/mol. The van der Waals surface area contributed by atoms with Gasteiger partial charge in [0.2, 0.25) is 5.95 Å². The summed E-state index contributed by atoms with van der Waals surface area (Å²) in [5.74, 6) is 1.78. The van der Waals surface area contributed by atoms with Crippen LogP contribution < -0.4 is 0 Å². The number of nitrogens with zero attached hydrogens (tertiary/aromatic N) is 6. The lowest BCUT2D eigenvalue weighted by atomic mass is 9.96. The molecule has 56 heavy (non-hydrogen) atoms. The van der Waals surface area contributed by atoms with Gasteiger partial charge in [-0.1, -0.05) is 176 Å². The van der Waals surface area contributed by atoms with Gasteiger partial charge in [-0.05, 0) is 29.1 Å². The molecule has 11 aromatic rings. The quantitative estimate of drug-likeness (QED) is 0.172. The van der Waals surface area contributed by atoms with Crippen LogP contribution in [0.4, 0.5) is 0 Å². The van der Waals surface area contributed by atoms with Gasteiger partial charge >= 0.3 is 0 Å². The molecule has 0 aliphatic rings. The van der Waals surface area contributed by atoms with Crippen LogP contribution in [0.2, 0.25) is 0 Å². The topological polar surface area (TPSA) is 60.9 Å². The zero-order valence-electron chi connectivity index (χ0n) is 30.2. The smallest absolute Gasteiger partial charge is 0.238 e. The van der Waals surface area contributed by atoms with Gasteiger partial charge in [-0.25, -0.2) is 9.50 Å². The fourth-order valence-corrected chi connectivity index (χ4v) is 8.01. The fraction of sp³-hybridized carbons (Fsp3) is 0. The second kappa shape index (κ2) is 13.0. The number of pyridine rings is 1. The monoisotopic (exact) mass is 716 g/mol. The summed E-state index contributed by atoms with van der Waals surface area (Å²) in [6.07, 6.45) is 0. The molecule has 11 rings (SSSR count). The Hall–Kier alpha value is -7.70. The van der Waals surface area contributed by atoms with Crippen molar-refractivity contribution < 1.29 is 0 Å². The minimum Gasteiger partial charge on any atom is -0.278 e. The maximum atomic E-state index is 5.42. The second-order valence-corrected chi connectivity index (χ2v) is 13.9. The van der Waals surface area contributed by atoms with Crippen molar-refractivity contribution in [2.45, 2.75) is 0 Å². The summed E-state index contributed by atoms with van der Waals surface area (Å²) in [5.41, 5.74) is 11.2. The van der Waals surface area contributed by atoms with Gasteiger partial charge in [0.1, 0.15) is 5.69 Å². The van der Waals surface area contributed by atoms with Crippen LogP contribution >= 0.6 is 0 Å². The zero-order chi connectivity index (χ0) is 37.0. The van der Waals surface area contributed by atoms with Gasteiger partial charge in [0.15, 0.2) is 11.6 Å². The van der Waals surface area contributed by atoms with E-state index in [4.69, 9.17) is 20.1 Å². The van der Waals surface area contributed by atoms with Crippen LogP contribution in [0.5, 0.6) is 0 Å². The third-order valence-corrected chi connectivity index (χ3v) is 10.6. The summed E-state index contributed by atoms with van der Waals surface area (Å²) in [5, 5.41) is 10.0. The molecule has 0 saturated heterocycles. The molecule has 0 radical (unpaired) electrons. The molecule has 6 nitrogen and oxygen atoms in total. The maximum absolute atomic E-state index is 5.42. The van der Waals surface area contributed by atoms with Gasteiger partial charge in [-0.15, -0.1) is 0 Å². The molecule has 0 saturated carbocycles. The van der Waals surface area contributed by atoms with Gasteiger partial charge in [-0.2, -0.15) is 15.1 Å². The molecular weight excluding hydrogens is 685 g/mol. The first kappa shape index (κ1) is 31.8. The predicted molar refractivity (Wildman–Crippen MR) is 228 cm³/mol. The van der Waals surface area contributed by atoms with Crippen molar-refractivity contribution in [2.24, 2.45) is 0 Å². The van der Waals surface area contributed by atoms with Crippen molar-refractivity contribution in [1.82, 2.24) is 29.1 Å². The van der Waals surface area contributed by atoms with E-state index in [2.05, 4.69) is 173 Å². The minimum atomic E-state index is 0.572. The minimum absolute atomic E-state index is 0.572. The van der Waals surface area contributed by atoms with E-state index in [1.54, 1.807) is 0 Å². The molecule has 0 bridgehead atoms. The Morgan fingerprint density at radius 3 is 1.48 bits per heavy atom. The Morgan fingerprint density at radius 1 is 0.375 bits per heavy atom. The highest BCUT2D eigenvalue weighted by Crippen LogP contribution is 2.41. The highest BCUT2D eigenvalue weighted by molar-refractivity contribution is 6.10. The lowest BCUT2D eigenvalue weighted by molar-refractivity contribution is 0.953. The molecule has 262 valence electrons. The van der Waals surface area contributed by atoms with Crippen molar-refractivity contribution in [2.75, 3.05) is 0 Å². The van der Waals surface area contributed by atoms with Crippen LogP contribution in [0.1, 0.15) is 0 Å². The molecule has 0 atom stereocenters. The van der Waals surface area contributed by atoms with E-state index >= 15 is 0 Å². The number of fused-ring (bicyclic) bond motifs is 6. The summed E-state index contributed by atoms with van der Waals surface area (Å²) in [6, 6.07) is 67.3. The maximum Gasteiger partial charge on any atom is 0.238 e. The van der Waals surface area contributed by atoms with Gasteiger partial charge in [0.25, 0.3) is 0 Å². The number of hydrogen-bond acceptors (Lipinski definition) is 4. The highest BCUT2D eigenvalue weighted by atomic mass is 15.2. The van der Waals surface area contributed by atoms with E-state index < -0.39 is 0 Å². The number of para-hydroxylation sites is 2. The summed E-state index contributed by atoms with van der Waals surface area (Å²) < 4.78 is 4.27. The van der Waals surface area contributed by atoms with E-state index in [1.165, 1.54) is 5.39 Å². The van der Waals surface area contributed by atoms with Gasteiger partial charge in [0, 0.05) is 44.0 Å². The molecule has 7 aromatic carbocycles. The normalized spacial score (nSPS) is 11.6. The van der Waals surface area contributed by atoms with Crippen LogP contribution in [0.25, 0.3) is 100 Å². The first-order valence-corrected chi connectivity index (χ1v) is 18.7. The summed E-state index contributed by atoms with van der Waals surface area (Å²) >= 11 is 0. The molecule has 0 aliphatic heterocycles. The van der Waals surface area contributed by atoms with E-state index in [9.17, 15) is 0 Å². The molecule has 0 spiro atoms. The third kappa shape index (κ3) is 5.19. The highest BCUT2D eigenvalue weighted by Gasteiger charge is 2.22. The summed E-state index contributed by atoms with van der Waals surface area (Å²) in [4.78, 5) is 15.3. The van der Waals surface area contributed by atoms with E-state index in [1.807, 2.05) is 30.3 Å². The van der Waals surface area contributed by atoms with Crippen molar-refractivity contribution in [3.8, 4) is 62.4 Å². The van der Waals surface area contributed by atoms with Gasteiger partial charge in [-0.3, -0.25) is 4.57 Å². The molecule has 0 fully saturated rings. The van der Waals surface area contributed by atoms with Crippen molar-refractivity contribution in [3.05, 3.63) is 194 Å². The predicted octanol–water partition coefficient (Wildman–Crippen LogP) is 12.1. The van der Waals surface area contributed by atoms with Crippen molar-refractivity contribution in [3.63, 3.8) is 0 Å². The molecule has 0 amide bonds. The number of rotatable bonds is 6. The Balaban J connectivity index is 1.11. The summed E-state index contributed by atoms with van der Waals surface area (Å²) in [7, 11) is 0. The Bertz CT molecular complexity index is 3170. The molecule has 0 aliphatic carbocycles. The van der Waals surface area contributed by atoms with Crippen LogP contribution in [-0.4, -0.2) is 29.1 Å². The lowest BCUT2D eigenvalue weighted by Crippen LogP contribution is -2.06. The Labute approximate surface area is 322 Å². The van der Waals surface area contributed by atoms with E-state index in [0.29, 0.717) is 17.6 Å². The lowest BCUT2D eigenvalue weighted by Gasteiger charge is -2.11. The fourth-order valence-electron chi connectivity index (χ4n) is 8.01. The molecule has 0 unspecified atom stereocenters. The molecule has 4 aromatic heterocycles. The summed E-state index contributed by atoms with van der Waals surface area (Å²) in [6.45, 7) is 0. The van der Waals surface area contributed by atoms with E-state index in [0.717, 1.165) is 77.5 Å². The second-order valence-electron chi connectivity index (χ2n) is 13.9. The van der Waals surface area contributed by atoms with Crippen molar-refractivity contribution in [1.29, 1.82) is 0 Å².